The van der Waals surface area contributed by atoms with Crippen LogP contribution in [-0.2, 0) is 0 Å². The van der Waals surface area contributed by atoms with E-state index in [0.717, 1.165) is 10.2 Å². The lowest BCUT2D eigenvalue weighted by atomic mass is 10.2. The molecule has 0 saturated heterocycles. The first-order chi connectivity index (χ1) is 5.83. The van der Waals surface area contributed by atoms with E-state index in [0.29, 0.717) is 11.3 Å². The van der Waals surface area contributed by atoms with Crippen LogP contribution in [0.15, 0.2) is 17.6 Å². The van der Waals surface area contributed by atoms with Crippen molar-refractivity contribution in [3.05, 3.63) is 23.2 Å². The maximum atomic E-state index is 8.65. The molecule has 0 aliphatic carbocycles. The molecule has 0 spiro atoms. The summed E-state index contributed by atoms with van der Waals surface area (Å²) in [6, 6.07) is 3.87. The number of nitriles is 1. The van der Waals surface area contributed by atoms with Gasteiger partial charge >= 0.3 is 0 Å². The van der Waals surface area contributed by atoms with Crippen LogP contribution in [0, 0.1) is 11.3 Å². The van der Waals surface area contributed by atoms with Crippen LogP contribution in [0.5, 0.6) is 0 Å². The number of nitrogen functional groups attached to an aromatic ring is 1. The summed E-state index contributed by atoms with van der Waals surface area (Å²) in [5.41, 5.74) is 6.69. The summed E-state index contributed by atoms with van der Waals surface area (Å²) in [5, 5.41) is 11.4. The largest absolute Gasteiger partial charge is 0.397 e. The Bertz CT molecular complexity index is 467. The van der Waals surface area contributed by atoms with Crippen LogP contribution in [0.2, 0.25) is 0 Å². The number of nitrogens with two attached hydrogens (primary N) is 1. The number of fused-ring (bicyclic) bond motifs is 1. The van der Waals surface area contributed by atoms with Crippen molar-refractivity contribution < 1.29 is 0 Å². The molecule has 0 atom stereocenters. The normalized spacial score (nSPS) is 9.92. The van der Waals surface area contributed by atoms with Crippen LogP contribution in [-0.4, -0.2) is 4.98 Å². The van der Waals surface area contributed by atoms with E-state index >= 15 is 0 Å². The van der Waals surface area contributed by atoms with E-state index in [1.807, 2.05) is 17.5 Å². The highest BCUT2D eigenvalue weighted by Gasteiger charge is 2.04. The Labute approximate surface area is 73.1 Å². The van der Waals surface area contributed by atoms with Gasteiger partial charge in [-0.05, 0) is 11.4 Å². The zero-order valence-electron chi connectivity index (χ0n) is 6.11. The zero-order chi connectivity index (χ0) is 8.55. The molecule has 0 fully saturated rings. The van der Waals surface area contributed by atoms with Crippen LogP contribution in [0.4, 0.5) is 5.69 Å². The topological polar surface area (TPSA) is 62.7 Å². The molecule has 2 heterocycles. The Morgan fingerprint density at radius 3 is 3.17 bits per heavy atom. The molecule has 0 amide bonds. The second-order valence-corrected chi connectivity index (χ2v) is 3.23. The molecule has 0 saturated carbocycles. The van der Waals surface area contributed by atoms with Gasteiger partial charge in [0.15, 0.2) is 0 Å². The molecule has 4 heteroatoms. The Hall–Kier alpha value is -1.60. The van der Waals surface area contributed by atoms with Gasteiger partial charge in [0.2, 0.25) is 0 Å². The highest BCUT2D eigenvalue weighted by molar-refractivity contribution is 7.16. The molecular weight excluding hydrogens is 170 g/mol. The van der Waals surface area contributed by atoms with Gasteiger partial charge in [0.25, 0.3) is 0 Å². The molecule has 2 N–H and O–H groups in total. The van der Waals surface area contributed by atoms with Crippen molar-refractivity contribution in [3.8, 4) is 6.07 Å². The van der Waals surface area contributed by atoms with Crippen molar-refractivity contribution in [1.29, 1.82) is 5.26 Å². The van der Waals surface area contributed by atoms with E-state index in [4.69, 9.17) is 11.0 Å². The lowest BCUT2D eigenvalue weighted by Crippen LogP contribution is -1.91. The third-order valence-corrected chi connectivity index (χ3v) is 2.48. The molecular formula is C8H5N3S. The Morgan fingerprint density at radius 1 is 1.58 bits per heavy atom. The molecule has 0 aromatic carbocycles. The summed E-state index contributed by atoms with van der Waals surface area (Å²) in [4.78, 5) is 4.97. The summed E-state index contributed by atoms with van der Waals surface area (Å²) in [7, 11) is 0. The fourth-order valence-electron chi connectivity index (χ4n) is 1.03. The first-order valence-corrected chi connectivity index (χ1v) is 4.22. The van der Waals surface area contributed by atoms with Crippen LogP contribution in [0.3, 0.4) is 0 Å². The summed E-state index contributed by atoms with van der Waals surface area (Å²) >= 11 is 1.52. The summed E-state index contributed by atoms with van der Waals surface area (Å²) in [5.74, 6) is 0. The number of hydrogen-bond acceptors (Lipinski definition) is 4. The highest BCUT2D eigenvalue weighted by atomic mass is 32.1. The molecule has 0 aliphatic heterocycles. The van der Waals surface area contributed by atoms with Crippen molar-refractivity contribution in [3.63, 3.8) is 0 Å². The molecule has 0 bridgehead atoms. The van der Waals surface area contributed by atoms with Crippen LogP contribution < -0.4 is 5.73 Å². The minimum atomic E-state index is 0.445. The van der Waals surface area contributed by atoms with Gasteiger partial charge in [0.1, 0.15) is 10.9 Å². The third-order valence-electron chi connectivity index (χ3n) is 1.66. The van der Waals surface area contributed by atoms with Gasteiger partial charge in [-0.3, -0.25) is 0 Å². The Morgan fingerprint density at radius 2 is 2.42 bits per heavy atom. The smallest absolute Gasteiger partial charge is 0.125 e. The van der Waals surface area contributed by atoms with Gasteiger partial charge in [0.05, 0.1) is 11.3 Å². The highest BCUT2D eigenvalue weighted by Crippen LogP contribution is 2.25. The van der Waals surface area contributed by atoms with E-state index in [9.17, 15) is 0 Å². The number of thiophene rings is 1. The lowest BCUT2D eigenvalue weighted by molar-refractivity contribution is 1.39. The van der Waals surface area contributed by atoms with Crippen molar-refractivity contribution in [2.24, 2.45) is 0 Å². The van der Waals surface area contributed by atoms with Gasteiger partial charge in [0, 0.05) is 11.6 Å². The summed E-state index contributed by atoms with van der Waals surface area (Å²) in [6.45, 7) is 0. The Kier molecular flexibility index (Phi) is 1.45. The predicted octanol–water partition coefficient (Wildman–Crippen LogP) is 1.75. The minimum absolute atomic E-state index is 0.445. The molecule has 2 aromatic heterocycles. The standard InChI is InChI=1S/C8H5N3S/c9-3-5-4-11-8-6(7(5)10)1-2-12-8/h1-2,4H,(H2,10,11). The van der Waals surface area contributed by atoms with E-state index < -0.39 is 0 Å². The van der Waals surface area contributed by atoms with Gasteiger partial charge < -0.3 is 5.73 Å². The van der Waals surface area contributed by atoms with Crippen molar-refractivity contribution in [2.45, 2.75) is 0 Å². The van der Waals surface area contributed by atoms with Crippen LogP contribution in [0.25, 0.3) is 10.2 Å². The number of anilines is 1. The van der Waals surface area contributed by atoms with Crippen molar-refractivity contribution in [2.75, 3.05) is 5.73 Å². The van der Waals surface area contributed by atoms with E-state index in [1.165, 1.54) is 17.5 Å². The lowest BCUT2D eigenvalue weighted by Gasteiger charge is -1.96. The summed E-state index contributed by atoms with van der Waals surface area (Å²) < 4.78 is 0. The maximum absolute atomic E-state index is 8.65. The van der Waals surface area contributed by atoms with Gasteiger partial charge in [-0.15, -0.1) is 11.3 Å². The molecule has 2 rings (SSSR count). The van der Waals surface area contributed by atoms with E-state index in [-0.39, 0.29) is 0 Å². The molecule has 0 radical (unpaired) electrons. The maximum Gasteiger partial charge on any atom is 0.125 e. The number of nitrogens with zero attached hydrogens (tertiary/aromatic N) is 2. The molecule has 58 valence electrons. The molecule has 12 heavy (non-hydrogen) atoms. The minimum Gasteiger partial charge on any atom is -0.397 e. The van der Waals surface area contributed by atoms with Crippen molar-refractivity contribution >= 4 is 27.2 Å². The van der Waals surface area contributed by atoms with Crippen LogP contribution in [0.1, 0.15) is 5.56 Å². The second-order valence-electron chi connectivity index (χ2n) is 2.34. The first kappa shape index (κ1) is 7.07. The average molecular weight is 175 g/mol. The summed E-state index contributed by atoms with van der Waals surface area (Å²) in [6.07, 6.45) is 1.51. The number of rotatable bonds is 0. The van der Waals surface area contributed by atoms with E-state index in [2.05, 4.69) is 4.98 Å². The number of pyridine rings is 1. The zero-order valence-corrected chi connectivity index (χ0v) is 6.93. The monoisotopic (exact) mass is 175 g/mol. The third kappa shape index (κ3) is 0.840. The van der Waals surface area contributed by atoms with E-state index in [1.54, 1.807) is 0 Å². The second kappa shape index (κ2) is 2.47. The quantitative estimate of drug-likeness (QED) is 0.663. The van der Waals surface area contributed by atoms with Crippen LogP contribution >= 0.6 is 11.3 Å². The average Bonchev–Trinajstić information content (AvgIpc) is 2.53. The first-order valence-electron chi connectivity index (χ1n) is 3.34. The van der Waals surface area contributed by atoms with Gasteiger partial charge in [-0.2, -0.15) is 5.26 Å². The van der Waals surface area contributed by atoms with Crippen molar-refractivity contribution in [1.82, 2.24) is 4.98 Å². The number of hydrogen-bond donors (Lipinski definition) is 1. The Balaban J connectivity index is 2.89. The number of aromatic nitrogens is 1. The fourth-order valence-corrected chi connectivity index (χ4v) is 1.78. The fraction of sp³-hybridized carbons (Fsp3) is 0. The SMILES string of the molecule is N#Cc1cnc2sccc2c1N. The molecule has 2 aromatic rings. The van der Waals surface area contributed by atoms with Gasteiger partial charge in [-0.25, -0.2) is 4.98 Å². The van der Waals surface area contributed by atoms with Gasteiger partial charge in [-0.1, -0.05) is 0 Å². The molecule has 3 nitrogen and oxygen atoms in total. The molecule has 0 unspecified atom stereocenters. The molecule has 0 aliphatic rings. The predicted molar refractivity (Wildman–Crippen MR) is 48.7 cm³/mol.